The third kappa shape index (κ3) is 2.49. The Kier molecular flexibility index (Phi) is 3.60. The van der Waals surface area contributed by atoms with Crippen molar-refractivity contribution in [3.63, 3.8) is 0 Å². The molecule has 0 aliphatic heterocycles. The molecular formula is C18H14BrNO. The van der Waals surface area contributed by atoms with Gasteiger partial charge in [0.25, 0.3) is 0 Å². The van der Waals surface area contributed by atoms with Crippen LogP contribution in [0.3, 0.4) is 0 Å². The van der Waals surface area contributed by atoms with Gasteiger partial charge >= 0.3 is 0 Å². The number of rotatable bonds is 2. The van der Waals surface area contributed by atoms with Gasteiger partial charge in [-0.1, -0.05) is 34.1 Å². The van der Waals surface area contributed by atoms with Gasteiger partial charge in [0.05, 0.1) is 5.52 Å². The number of carbonyl (C=O) groups is 1. The molecule has 3 heteroatoms. The molecule has 0 spiro atoms. The number of nitrogens with zero attached hydrogens (tertiary/aromatic N) is 1. The molecule has 2 aromatic carbocycles. The fourth-order valence-corrected chi connectivity index (χ4v) is 2.76. The zero-order valence-corrected chi connectivity index (χ0v) is 13.4. The zero-order chi connectivity index (χ0) is 15.0. The molecular weight excluding hydrogens is 326 g/mol. The van der Waals surface area contributed by atoms with E-state index in [4.69, 9.17) is 0 Å². The molecule has 0 fully saturated rings. The lowest BCUT2D eigenvalue weighted by molar-refractivity contribution is 0.104. The molecule has 1 heterocycles. The smallest absolute Gasteiger partial charge is 0.193 e. The Morgan fingerprint density at radius 1 is 1.05 bits per heavy atom. The summed E-state index contributed by atoms with van der Waals surface area (Å²) in [7, 11) is 0. The van der Waals surface area contributed by atoms with Crippen molar-refractivity contribution in [2.45, 2.75) is 13.8 Å². The van der Waals surface area contributed by atoms with Crippen LogP contribution in [0.5, 0.6) is 0 Å². The van der Waals surface area contributed by atoms with E-state index in [1.54, 1.807) is 6.20 Å². The fraction of sp³-hybridized carbons (Fsp3) is 0.111. The number of benzene rings is 2. The van der Waals surface area contributed by atoms with E-state index in [9.17, 15) is 4.79 Å². The first kappa shape index (κ1) is 14.0. The van der Waals surface area contributed by atoms with Crippen molar-refractivity contribution in [2.24, 2.45) is 0 Å². The van der Waals surface area contributed by atoms with Crippen LogP contribution < -0.4 is 0 Å². The molecule has 3 rings (SSSR count). The molecule has 0 atom stereocenters. The summed E-state index contributed by atoms with van der Waals surface area (Å²) in [5.74, 6) is 0.0345. The Labute approximate surface area is 132 Å². The van der Waals surface area contributed by atoms with Crippen LogP contribution in [0.25, 0.3) is 10.9 Å². The summed E-state index contributed by atoms with van der Waals surface area (Å²) in [5.41, 5.74) is 4.38. The molecule has 0 saturated carbocycles. The molecule has 0 amide bonds. The van der Waals surface area contributed by atoms with Crippen LogP contribution in [0, 0.1) is 13.8 Å². The number of carbonyl (C=O) groups excluding carboxylic acids is 1. The number of aryl methyl sites for hydroxylation is 2. The van der Waals surface area contributed by atoms with Gasteiger partial charge in [0.15, 0.2) is 5.78 Å². The van der Waals surface area contributed by atoms with Gasteiger partial charge in [-0.05, 0) is 49.2 Å². The lowest BCUT2D eigenvalue weighted by Gasteiger charge is -2.09. The maximum atomic E-state index is 12.8. The topological polar surface area (TPSA) is 30.0 Å². The highest BCUT2D eigenvalue weighted by atomic mass is 79.9. The van der Waals surface area contributed by atoms with Crippen molar-refractivity contribution in [1.82, 2.24) is 4.98 Å². The van der Waals surface area contributed by atoms with Crippen LogP contribution in [0.1, 0.15) is 27.0 Å². The number of halogens is 1. The maximum Gasteiger partial charge on any atom is 0.193 e. The van der Waals surface area contributed by atoms with Gasteiger partial charge in [-0.2, -0.15) is 0 Å². The van der Waals surface area contributed by atoms with E-state index in [-0.39, 0.29) is 5.78 Å². The molecule has 0 bridgehead atoms. The van der Waals surface area contributed by atoms with Crippen molar-refractivity contribution < 1.29 is 4.79 Å². The zero-order valence-electron chi connectivity index (χ0n) is 11.9. The minimum absolute atomic E-state index is 0.0345. The number of fused-ring (bicyclic) bond motifs is 1. The number of ketones is 1. The van der Waals surface area contributed by atoms with Crippen LogP contribution in [0.4, 0.5) is 0 Å². The first-order chi connectivity index (χ1) is 10.1. The van der Waals surface area contributed by atoms with Crippen LogP contribution >= 0.6 is 15.9 Å². The van der Waals surface area contributed by atoms with Crippen molar-refractivity contribution >= 4 is 32.6 Å². The summed E-state index contributed by atoms with van der Waals surface area (Å²) >= 11 is 3.54. The molecule has 3 aromatic rings. The van der Waals surface area contributed by atoms with Gasteiger partial charge in [-0.25, -0.2) is 0 Å². The highest BCUT2D eigenvalue weighted by molar-refractivity contribution is 9.10. The summed E-state index contributed by atoms with van der Waals surface area (Å²) in [6.07, 6.45) is 1.74. The predicted molar refractivity (Wildman–Crippen MR) is 88.8 cm³/mol. The Hall–Kier alpha value is -2.00. The predicted octanol–water partition coefficient (Wildman–Crippen LogP) is 4.85. The second-order valence-electron chi connectivity index (χ2n) is 5.13. The second-order valence-corrected chi connectivity index (χ2v) is 5.92. The van der Waals surface area contributed by atoms with Crippen molar-refractivity contribution in [3.05, 3.63) is 75.4 Å². The Balaban J connectivity index is 2.17. The van der Waals surface area contributed by atoms with Crippen LogP contribution in [-0.4, -0.2) is 10.8 Å². The van der Waals surface area contributed by atoms with Crippen LogP contribution in [0.15, 0.2) is 53.1 Å². The van der Waals surface area contributed by atoms with Crippen LogP contribution in [-0.2, 0) is 0 Å². The summed E-state index contributed by atoms with van der Waals surface area (Å²) in [6.45, 7) is 4.00. The molecule has 104 valence electrons. The van der Waals surface area contributed by atoms with E-state index in [1.807, 2.05) is 56.3 Å². The van der Waals surface area contributed by atoms with Crippen molar-refractivity contribution in [2.75, 3.05) is 0 Å². The Morgan fingerprint density at radius 2 is 1.76 bits per heavy atom. The SMILES string of the molecule is Cc1cc(C(=O)c2cccc3ncccc23)cc(C)c1Br. The van der Waals surface area contributed by atoms with Gasteiger partial charge in [0, 0.05) is 27.2 Å². The Morgan fingerprint density at radius 3 is 2.48 bits per heavy atom. The summed E-state index contributed by atoms with van der Waals surface area (Å²) in [6, 6.07) is 13.3. The standard InChI is InChI=1S/C18H14BrNO/c1-11-9-13(10-12(2)17(11)19)18(21)15-5-3-7-16-14(15)6-4-8-20-16/h3-10H,1-2H3. The number of pyridine rings is 1. The monoisotopic (exact) mass is 339 g/mol. The van der Waals surface area contributed by atoms with E-state index in [0.717, 1.165) is 26.5 Å². The van der Waals surface area contributed by atoms with E-state index in [0.29, 0.717) is 11.1 Å². The molecule has 2 nitrogen and oxygen atoms in total. The van der Waals surface area contributed by atoms with Gasteiger partial charge in [0.2, 0.25) is 0 Å². The normalized spacial score (nSPS) is 10.8. The Bertz CT molecular complexity index is 826. The summed E-state index contributed by atoms with van der Waals surface area (Å²) in [4.78, 5) is 17.1. The lowest BCUT2D eigenvalue weighted by Crippen LogP contribution is -2.04. The van der Waals surface area contributed by atoms with E-state index in [1.165, 1.54) is 0 Å². The van der Waals surface area contributed by atoms with Gasteiger partial charge < -0.3 is 0 Å². The average molecular weight is 340 g/mol. The average Bonchev–Trinajstić information content (AvgIpc) is 2.51. The van der Waals surface area contributed by atoms with Crippen molar-refractivity contribution in [3.8, 4) is 0 Å². The molecule has 0 aliphatic carbocycles. The summed E-state index contributed by atoms with van der Waals surface area (Å²) in [5, 5.41) is 0.892. The minimum atomic E-state index is 0.0345. The van der Waals surface area contributed by atoms with Gasteiger partial charge in [-0.15, -0.1) is 0 Å². The van der Waals surface area contributed by atoms with Crippen molar-refractivity contribution in [1.29, 1.82) is 0 Å². The van der Waals surface area contributed by atoms with E-state index < -0.39 is 0 Å². The second kappa shape index (κ2) is 5.41. The number of aromatic nitrogens is 1. The minimum Gasteiger partial charge on any atom is -0.289 e. The molecule has 0 radical (unpaired) electrons. The quantitative estimate of drug-likeness (QED) is 0.625. The largest absolute Gasteiger partial charge is 0.289 e. The fourth-order valence-electron chi connectivity index (χ4n) is 2.53. The van der Waals surface area contributed by atoms with E-state index in [2.05, 4.69) is 20.9 Å². The first-order valence-corrected chi connectivity index (χ1v) is 7.52. The number of hydrogen-bond donors (Lipinski definition) is 0. The molecule has 21 heavy (non-hydrogen) atoms. The molecule has 1 aromatic heterocycles. The molecule has 0 saturated heterocycles. The number of hydrogen-bond acceptors (Lipinski definition) is 2. The van der Waals surface area contributed by atoms with Crippen LogP contribution in [0.2, 0.25) is 0 Å². The first-order valence-electron chi connectivity index (χ1n) is 6.73. The van der Waals surface area contributed by atoms with Gasteiger partial charge in [0.1, 0.15) is 0 Å². The third-order valence-electron chi connectivity index (χ3n) is 3.59. The van der Waals surface area contributed by atoms with Gasteiger partial charge in [-0.3, -0.25) is 9.78 Å². The molecule has 0 N–H and O–H groups in total. The lowest BCUT2D eigenvalue weighted by atomic mass is 9.97. The molecule has 0 aliphatic rings. The highest BCUT2D eigenvalue weighted by Gasteiger charge is 2.14. The molecule has 0 unspecified atom stereocenters. The summed E-state index contributed by atoms with van der Waals surface area (Å²) < 4.78 is 1.05. The third-order valence-corrected chi connectivity index (χ3v) is 4.84. The maximum absolute atomic E-state index is 12.8. The van der Waals surface area contributed by atoms with E-state index >= 15 is 0 Å². The highest BCUT2D eigenvalue weighted by Crippen LogP contribution is 2.25.